The van der Waals surface area contributed by atoms with Gasteiger partial charge < -0.3 is 10.3 Å². The molecule has 1 unspecified atom stereocenters. The summed E-state index contributed by atoms with van der Waals surface area (Å²) in [5.41, 5.74) is 7.14. The number of nitrogen functional groups attached to an aromatic ring is 1. The van der Waals surface area contributed by atoms with E-state index in [0.717, 1.165) is 32.7 Å². The molecule has 3 saturated heterocycles. The average Bonchev–Trinajstić information content (AvgIpc) is 2.98. The van der Waals surface area contributed by atoms with Gasteiger partial charge in [0.25, 0.3) is 5.89 Å². The van der Waals surface area contributed by atoms with Crippen LogP contribution < -0.4 is 5.73 Å². The lowest BCUT2D eigenvalue weighted by Crippen LogP contribution is -2.57. The molecule has 1 aromatic heterocycles. The van der Waals surface area contributed by atoms with E-state index in [1.165, 1.54) is 0 Å². The van der Waals surface area contributed by atoms with E-state index in [4.69, 9.17) is 21.9 Å². The van der Waals surface area contributed by atoms with Gasteiger partial charge in [0.15, 0.2) is 5.82 Å². The van der Waals surface area contributed by atoms with Crippen molar-refractivity contribution in [2.45, 2.75) is 6.04 Å². The third-order valence-electron chi connectivity index (χ3n) is 4.28. The molecule has 0 saturated carbocycles. The van der Waals surface area contributed by atoms with Crippen LogP contribution in [0.1, 0.15) is 11.9 Å². The number of fused-ring (bicyclic) bond motifs is 3. The normalized spacial score (nSPS) is 28.0. The number of anilines is 1. The summed E-state index contributed by atoms with van der Waals surface area (Å²) in [6.07, 6.45) is 0. The lowest BCUT2D eigenvalue weighted by atomic mass is 10.1. The van der Waals surface area contributed by atoms with E-state index in [2.05, 4.69) is 19.9 Å². The van der Waals surface area contributed by atoms with Crippen LogP contribution in [-0.2, 0) is 0 Å². The molecule has 0 aliphatic carbocycles. The Balaban J connectivity index is 1.67. The number of nitrogens with two attached hydrogens (primary N) is 1. The van der Waals surface area contributed by atoms with Gasteiger partial charge in [0, 0.05) is 38.4 Å². The first-order chi connectivity index (χ1) is 10.2. The molecule has 1 aromatic carbocycles. The summed E-state index contributed by atoms with van der Waals surface area (Å²) in [4.78, 5) is 9.38. The summed E-state index contributed by atoms with van der Waals surface area (Å²) in [6.45, 7) is 5.32. The van der Waals surface area contributed by atoms with Crippen molar-refractivity contribution in [3.05, 3.63) is 29.0 Å². The number of aromatic nitrogens is 2. The Morgan fingerprint density at radius 3 is 2.71 bits per heavy atom. The molecule has 5 rings (SSSR count). The smallest absolute Gasteiger partial charge is 0.261 e. The highest BCUT2D eigenvalue weighted by molar-refractivity contribution is 6.33. The molecular weight excluding hydrogens is 290 g/mol. The molecule has 6 nitrogen and oxygen atoms in total. The fraction of sp³-hybridized carbons (Fsp3) is 0.429. The third-order valence-corrected chi connectivity index (χ3v) is 4.59. The molecule has 3 aliphatic heterocycles. The van der Waals surface area contributed by atoms with Gasteiger partial charge in [-0.15, -0.1) is 0 Å². The molecule has 0 radical (unpaired) electrons. The molecular formula is C14H16ClN5O. The molecule has 3 aliphatic rings. The summed E-state index contributed by atoms with van der Waals surface area (Å²) in [6, 6.07) is 5.56. The fourth-order valence-corrected chi connectivity index (χ4v) is 3.36. The molecule has 7 heteroatoms. The predicted octanol–water partition coefficient (Wildman–Crippen LogP) is 1.64. The Labute approximate surface area is 127 Å². The minimum absolute atomic E-state index is 0.203. The number of rotatable bonds is 2. The molecule has 1 atom stereocenters. The van der Waals surface area contributed by atoms with Crippen LogP contribution in [0.3, 0.4) is 0 Å². The maximum absolute atomic E-state index is 6.20. The average molecular weight is 306 g/mol. The van der Waals surface area contributed by atoms with Crippen LogP contribution in [0.2, 0.25) is 5.02 Å². The SMILES string of the molecule is Nc1cccc(Cl)c1-c1nc(C2CN3CCN2CC3)no1. The van der Waals surface area contributed by atoms with Crippen molar-refractivity contribution in [3.63, 3.8) is 0 Å². The van der Waals surface area contributed by atoms with Crippen molar-refractivity contribution in [2.24, 2.45) is 0 Å². The second kappa shape index (κ2) is 4.98. The maximum Gasteiger partial charge on any atom is 0.261 e. The number of hydrogen-bond donors (Lipinski definition) is 1. The van der Waals surface area contributed by atoms with Gasteiger partial charge >= 0.3 is 0 Å². The van der Waals surface area contributed by atoms with Gasteiger partial charge in [-0.2, -0.15) is 4.98 Å². The Hall–Kier alpha value is -1.63. The van der Waals surface area contributed by atoms with Gasteiger partial charge in [-0.1, -0.05) is 22.8 Å². The molecule has 3 fully saturated rings. The van der Waals surface area contributed by atoms with Crippen molar-refractivity contribution in [3.8, 4) is 11.5 Å². The highest BCUT2D eigenvalue weighted by Crippen LogP contribution is 2.34. The Bertz CT molecular complexity index is 645. The second-order valence-electron chi connectivity index (χ2n) is 5.51. The van der Waals surface area contributed by atoms with Gasteiger partial charge in [-0.25, -0.2) is 0 Å². The first kappa shape index (κ1) is 13.1. The van der Waals surface area contributed by atoms with Crippen molar-refractivity contribution >= 4 is 17.3 Å². The first-order valence-electron chi connectivity index (χ1n) is 7.07. The summed E-state index contributed by atoms with van der Waals surface area (Å²) in [5, 5.41) is 4.68. The predicted molar refractivity (Wildman–Crippen MR) is 79.9 cm³/mol. The highest BCUT2D eigenvalue weighted by atomic mass is 35.5. The summed E-state index contributed by atoms with van der Waals surface area (Å²) in [5.74, 6) is 1.11. The Morgan fingerprint density at radius 2 is 2.05 bits per heavy atom. The van der Waals surface area contributed by atoms with E-state index < -0.39 is 0 Å². The zero-order valence-electron chi connectivity index (χ0n) is 11.5. The summed E-state index contributed by atoms with van der Waals surface area (Å²) in [7, 11) is 0. The van der Waals surface area contributed by atoms with E-state index in [1.54, 1.807) is 18.2 Å². The quantitative estimate of drug-likeness (QED) is 0.851. The van der Waals surface area contributed by atoms with Crippen molar-refractivity contribution in [2.75, 3.05) is 38.5 Å². The summed E-state index contributed by atoms with van der Waals surface area (Å²) >= 11 is 6.20. The largest absolute Gasteiger partial charge is 0.398 e. The van der Waals surface area contributed by atoms with Crippen LogP contribution >= 0.6 is 11.6 Å². The first-order valence-corrected chi connectivity index (χ1v) is 7.44. The van der Waals surface area contributed by atoms with Gasteiger partial charge in [0.2, 0.25) is 0 Å². The maximum atomic E-state index is 6.20. The van der Waals surface area contributed by atoms with Gasteiger partial charge in [0.1, 0.15) is 0 Å². The molecule has 0 spiro atoms. The zero-order valence-corrected chi connectivity index (χ0v) is 12.3. The number of nitrogens with zero attached hydrogens (tertiary/aromatic N) is 4. The summed E-state index contributed by atoms with van der Waals surface area (Å²) < 4.78 is 5.40. The van der Waals surface area contributed by atoms with E-state index >= 15 is 0 Å². The second-order valence-corrected chi connectivity index (χ2v) is 5.92. The van der Waals surface area contributed by atoms with Crippen LogP contribution in [0.25, 0.3) is 11.5 Å². The molecule has 2 N–H and O–H groups in total. The molecule has 4 heterocycles. The van der Waals surface area contributed by atoms with Crippen LogP contribution in [-0.4, -0.2) is 52.7 Å². The lowest BCUT2D eigenvalue weighted by molar-refractivity contribution is 0.00781. The Kier molecular flexibility index (Phi) is 3.10. The molecule has 21 heavy (non-hydrogen) atoms. The van der Waals surface area contributed by atoms with E-state index in [9.17, 15) is 0 Å². The van der Waals surface area contributed by atoms with Crippen LogP contribution in [0.15, 0.2) is 22.7 Å². The number of halogens is 1. The van der Waals surface area contributed by atoms with E-state index in [1.807, 2.05) is 0 Å². The number of piperazine rings is 3. The number of benzene rings is 1. The monoisotopic (exact) mass is 305 g/mol. The highest BCUT2D eigenvalue weighted by Gasteiger charge is 2.35. The van der Waals surface area contributed by atoms with E-state index in [-0.39, 0.29) is 6.04 Å². The lowest BCUT2D eigenvalue weighted by Gasteiger charge is -2.46. The van der Waals surface area contributed by atoms with Gasteiger partial charge in [-0.3, -0.25) is 9.80 Å². The van der Waals surface area contributed by atoms with Gasteiger partial charge in [-0.05, 0) is 12.1 Å². The van der Waals surface area contributed by atoms with Crippen molar-refractivity contribution < 1.29 is 4.52 Å². The fourth-order valence-electron chi connectivity index (χ4n) is 3.10. The minimum Gasteiger partial charge on any atom is -0.398 e. The standard InChI is InChI=1S/C14H16ClN5O/c15-9-2-1-3-10(16)12(9)14-17-13(18-21-14)11-8-19-4-6-20(11)7-5-19/h1-3,11H,4-8,16H2. The molecule has 110 valence electrons. The zero-order chi connectivity index (χ0) is 14.4. The molecule has 2 aromatic rings. The van der Waals surface area contributed by atoms with Crippen LogP contribution in [0.4, 0.5) is 5.69 Å². The van der Waals surface area contributed by atoms with Crippen molar-refractivity contribution in [1.29, 1.82) is 0 Å². The van der Waals surface area contributed by atoms with Crippen molar-refractivity contribution in [1.82, 2.24) is 19.9 Å². The van der Waals surface area contributed by atoms with Crippen LogP contribution in [0, 0.1) is 0 Å². The van der Waals surface area contributed by atoms with Gasteiger partial charge in [0.05, 0.1) is 16.6 Å². The third kappa shape index (κ3) is 2.19. The topological polar surface area (TPSA) is 71.4 Å². The number of hydrogen-bond acceptors (Lipinski definition) is 6. The molecule has 0 amide bonds. The Morgan fingerprint density at radius 1 is 1.24 bits per heavy atom. The van der Waals surface area contributed by atoms with E-state index in [0.29, 0.717) is 28.0 Å². The van der Waals surface area contributed by atoms with Crippen LogP contribution in [0.5, 0.6) is 0 Å². The minimum atomic E-state index is 0.203. The molecule has 2 bridgehead atoms.